The van der Waals surface area contributed by atoms with E-state index in [9.17, 15) is 18.0 Å². The maximum Gasteiger partial charge on any atom is 0.422 e. The summed E-state index contributed by atoms with van der Waals surface area (Å²) in [5.41, 5.74) is 1.58. The van der Waals surface area contributed by atoms with Crippen molar-refractivity contribution in [1.82, 2.24) is 4.90 Å². The van der Waals surface area contributed by atoms with Crippen LogP contribution < -0.4 is 14.8 Å². The number of hydrogen-bond acceptors (Lipinski definition) is 3. The minimum atomic E-state index is -4.47. The summed E-state index contributed by atoms with van der Waals surface area (Å²) in [5, 5.41) is 2.66. The average Bonchev–Trinajstić information content (AvgIpc) is 2.69. The number of nitrogens with one attached hydrogen (secondary N) is 1. The number of amides is 2. The molecule has 0 atom stereocenters. The van der Waals surface area contributed by atoms with Gasteiger partial charge in [0.25, 0.3) is 0 Å². The largest absolute Gasteiger partial charge is 0.493 e. The van der Waals surface area contributed by atoms with E-state index >= 15 is 0 Å². The van der Waals surface area contributed by atoms with Crippen LogP contribution in [0.2, 0.25) is 0 Å². The molecule has 1 N–H and O–H groups in total. The van der Waals surface area contributed by atoms with Crippen LogP contribution in [0.5, 0.6) is 11.5 Å². The van der Waals surface area contributed by atoms with Gasteiger partial charge in [0.15, 0.2) is 18.1 Å². The van der Waals surface area contributed by atoms with Crippen molar-refractivity contribution < 1.29 is 27.4 Å². The van der Waals surface area contributed by atoms with Crippen molar-refractivity contribution in [1.29, 1.82) is 0 Å². The highest BCUT2D eigenvalue weighted by Crippen LogP contribution is 2.31. The van der Waals surface area contributed by atoms with Gasteiger partial charge in [-0.3, -0.25) is 0 Å². The number of carbonyl (C=O) groups excluding carboxylic acids is 1. The molecular weight excluding hydrogens is 385 g/mol. The number of methoxy groups -OCH3 is 1. The number of hydrogen-bond donors (Lipinski definition) is 1. The number of anilines is 1. The highest BCUT2D eigenvalue weighted by molar-refractivity contribution is 5.89. The number of nitrogens with zero attached hydrogens (tertiary/aromatic N) is 1. The first-order chi connectivity index (χ1) is 13.8. The molecule has 2 rings (SSSR count). The van der Waals surface area contributed by atoms with Gasteiger partial charge in [0.1, 0.15) is 0 Å². The first-order valence-corrected chi connectivity index (χ1v) is 9.22. The molecule has 0 unspecified atom stereocenters. The van der Waals surface area contributed by atoms with Crippen molar-refractivity contribution in [2.24, 2.45) is 0 Å². The second-order valence-corrected chi connectivity index (χ2v) is 6.56. The van der Waals surface area contributed by atoms with E-state index in [4.69, 9.17) is 9.47 Å². The summed E-state index contributed by atoms with van der Waals surface area (Å²) in [6.07, 6.45) is -1.75. The molecule has 0 spiro atoms. The van der Waals surface area contributed by atoms with Crippen molar-refractivity contribution in [2.45, 2.75) is 25.4 Å². The molecule has 5 nitrogen and oxygen atoms in total. The van der Waals surface area contributed by atoms with Crippen LogP contribution in [0.3, 0.4) is 0 Å². The lowest BCUT2D eigenvalue weighted by Crippen LogP contribution is -2.32. The average molecular weight is 410 g/mol. The van der Waals surface area contributed by atoms with Crippen LogP contribution >= 0.6 is 0 Å². The normalized spacial score (nSPS) is 11.1. The maximum atomic E-state index is 12.4. The lowest BCUT2D eigenvalue weighted by atomic mass is 10.1. The summed E-state index contributed by atoms with van der Waals surface area (Å²) in [7, 11) is 3.00. The Labute approximate surface area is 168 Å². The number of benzene rings is 2. The van der Waals surface area contributed by atoms with E-state index in [1.807, 2.05) is 18.2 Å². The molecule has 0 aliphatic rings. The summed E-state index contributed by atoms with van der Waals surface area (Å²) < 4.78 is 47.0. The fraction of sp³-hybridized carbons (Fsp3) is 0.381. The zero-order valence-electron chi connectivity index (χ0n) is 16.5. The highest BCUT2D eigenvalue weighted by atomic mass is 19.4. The van der Waals surface area contributed by atoms with Crippen molar-refractivity contribution >= 4 is 11.7 Å². The lowest BCUT2D eigenvalue weighted by Gasteiger charge is -2.19. The molecule has 0 saturated carbocycles. The van der Waals surface area contributed by atoms with Crippen LogP contribution in [0.1, 0.15) is 18.4 Å². The first-order valence-electron chi connectivity index (χ1n) is 9.22. The molecule has 8 heteroatoms. The smallest absolute Gasteiger partial charge is 0.422 e. The van der Waals surface area contributed by atoms with E-state index in [0.29, 0.717) is 12.2 Å². The fourth-order valence-corrected chi connectivity index (χ4v) is 2.67. The van der Waals surface area contributed by atoms with E-state index < -0.39 is 12.8 Å². The predicted molar refractivity (Wildman–Crippen MR) is 106 cm³/mol. The van der Waals surface area contributed by atoms with E-state index in [1.54, 1.807) is 13.1 Å². The van der Waals surface area contributed by atoms with Crippen LogP contribution in [0.4, 0.5) is 23.7 Å². The first kappa shape index (κ1) is 22.4. The van der Waals surface area contributed by atoms with Crippen molar-refractivity contribution in [3.63, 3.8) is 0 Å². The number of alkyl halides is 3. The molecule has 0 aliphatic carbocycles. The quantitative estimate of drug-likeness (QED) is 0.584. The third kappa shape index (κ3) is 7.93. The van der Waals surface area contributed by atoms with E-state index in [-0.39, 0.29) is 17.5 Å². The van der Waals surface area contributed by atoms with Crippen molar-refractivity contribution in [3.8, 4) is 11.5 Å². The summed E-state index contributed by atoms with van der Waals surface area (Å²) in [6.45, 7) is -0.881. The Hall–Kier alpha value is -2.90. The third-order valence-corrected chi connectivity index (χ3v) is 4.20. The van der Waals surface area contributed by atoms with Crippen molar-refractivity contribution in [2.75, 3.05) is 32.6 Å². The Morgan fingerprint density at radius 2 is 1.79 bits per heavy atom. The van der Waals surface area contributed by atoms with Crippen LogP contribution in [0.15, 0.2) is 48.5 Å². The Bertz CT molecular complexity index is 782. The van der Waals surface area contributed by atoms with Gasteiger partial charge in [0, 0.05) is 25.3 Å². The fourth-order valence-electron chi connectivity index (χ4n) is 2.67. The van der Waals surface area contributed by atoms with Crippen LogP contribution in [-0.2, 0) is 6.42 Å². The summed E-state index contributed by atoms with van der Waals surface area (Å²) in [4.78, 5) is 13.9. The second-order valence-electron chi connectivity index (χ2n) is 6.56. The minimum absolute atomic E-state index is 0.0897. The van der Waals surface area contributed by atoms with Gasteiger partial charge in [-0.25, -0.2) is 4.79 Å². The summed E-state index contributed by atoms with van der Waals surface area (Å²) in [6, 6.07) is 14.1. The second kappa shape index (κ2) is 10.6. The van der Waals surface area contributed by atoms with Crippen LogP contribution in [0.25, 0.3) is 0 Å². The molecule has 2 aromatic rings. The van der Waals surface area contributed by atoms with Gasteiger partial charge < -0.3 is 19.7 Å². The number of ether oxygens (including phenoxy) is 2. The third-order valence-electron chi connectivity index (χ3n) is 4.20. The summed E-state index contributed by atoms with van der Waals surface area (Å²) >= 11 is 0. The molecular formula is C21H25F3N2O3. The number of rotatable bonds is 9. The maximum absolute atomic E-state index is 12.4. The minimum Gasteiger partial charge on any atom is -0.493 e. The molecule has 0 saturated heterocycles. The van der Waals surface area contributed by atoms with Gasteiger partial charge >= 0.3 is 12.2 Å². The molecule has 29 heavy (non-hydrogen) atoms. The van der Waals surface area contributed by atoms with Gasteiger partial charge in [0.05, 0.1) is 7.11 Å². The number of carbonyl (C=O) groups is 1. The zero-order valence-corrected chi connectivity index (χ0v) is 16.5. The van der Waals surface area contributed by atoms with E-state index in [0.717, 1.165) is 19.3 Å². The van der Waals surface area contributed by atoms with Crippen LogP contribution in [-0.4, -0.2) is 44.4 Å². The molecule has 0 heterocycles. The molecule has 0 radical (unpaired) electrons. The molecule has 0 aromatic heterocycles. The van der Waals surface area contributed by atoms with Gasteiger partial charge in [-0.2, -0.15) is 13.2 Å². The molecule has 2 aromatic carbocycles. The Morgan fingerprint density at radius 1 is 1.07 bits per heavy atom. The van der Waals surface area contributed by atoms with Crippen molar-refractivity contribution in [3.05, 3.63) is 54.1 Å². The predicted octanol–water partition coefficient (Wildman–Crippen LogP) is 5.12. The molecule has 0 aliphatic heterocycles. The monoisotopic (exact) mass is 410 g/mol. The van der Waals surface area contributed by atoms with Gasteiger partial charge in [0.2, 0.25) is 0 Å². The highest BCUT2D eigenvalue weighted by Gasteiger charge is 2.29. The Kier molecular flexibility index (Phi) is 8.18. The SMILES string of the molecule is COc1ccc(NC(=O)N(C)CCCCc2ccccc2)cc1OCC(F)(F)F. The molecule has 0 fully saturated rings. The van der Waals surface area contributed by atoms with Gasteiger partial charge in [-0.1, -0.05) is 30.3 Å². The standard InChI is InChI=1S/C21H25F3N2O3/c1-26(13-7-6-10-16-8-4-3-5-9-16)20(27)25-17-11-12-18(28-2)19(14-17)29-15-21(22,23)24/h3-5,8-9,11-12,14H,6-7,10,13,15H2,1-2H3,(H,25,27). The zero-order chi connectivity index (χ0) is 21.3. The molecule has 0 bridgehead atoms. The van der Waals surface area contributed by atoms with Gasteiger partial charge in [-0.15, -0.1) is 0 Å². The lowest BCUT2D eigenvalue weighted by molar-refractivity contribution is -0.153. The number of urea groups is 1. The Balaban J connectivity index is 1.85. The van der Waals surface area contributed by atoms with Crippen LogP contribution in [0, 0.1) is 0 Å². The molecule has 158 valence electrons. The number of aryl methyl sites for hydroxylation is 1. The topological polar surface area (TPSA) is 50.8 Å². The Morgan fingerprint density at radius 3 is 2.45 bits per heavy atom. The van der Waals surface area contributed by atoms with Gasteiger partial charge in [-0.05, 0) is 37.0 Å². The van der Waals surface area contributed by atoms with E-state index in [1.165, 1.54) is 29.7 Å². The van der Waals surface area contributed by atoms with E-state index in [2.05, 4.69) is 17.4 Å². The summed E-state index contributed by atoms with van der Waals surface area (Å²) in [5.74, 6) is 0.0645. The molecule has 2 amide bonds. The number of unbranched alkanes of at least 4 members (excludes halogenated alkanes) is 1. The number of halogens is 3.